The van der Waals surface area contributed by atoms with E-state index in [1.807, 2.05) is 18.4 Å². The molecule has 0 aromatic carbocycles. The summed E-state index contributed by atoms with van der Waals surface area (Å²) in [5.74, 6) is 0. The van der Waals surface area contributed by atoms with Gasteiger partial charge in [-0.25, -0.2) is 8.42 Å². The van der Waals surface area contributed by atoms with E-state index in [2.05, 4.69) is 25.6 Å². The van der Waals surface area contributed by atoms with Crippen LogP contribution in [0.4, 0.5) is 5.69 Å². The second kappa shape index (κ2) is 6.17. The highest BCUT2D eigenvalue weighted by atomic mass is 79.9. The van der Waals surface area contributed by atoms with Crippen LogP contribution in [-0.2, 0) is 16.6 Å². The molecular formula is C13H17BrN4O2S. The quantitative estimate of drug-likeness (QED) is 0.843. The van der Waals surface area contributed by atoms with Gasteiger partial charge in [0.05, 0.1) is 10.2 Å². The molecule has 21 heavy (non-hydrogen) atoms. The number of rotatable bonds is 5. The standard InChI is InChI=1S/C13H17BrN4O2S/c1-9(2)18-8-11(5-10(18)6-15)21(19,20)17-13-3-4-16-7-12(13)14/h3-5,7-9H,6,15H2,1-2H3,(H,16,17). The Morgan fingerprint density at radius 1 is 1.48 bits per heavy atom. The largest absolute Gasteiger partial charge is 0.346 e. The second-order valence-corrected chi connectivity index (χ2v) is 7.37. The number of sulfonamides is 1. The first-order chi connectivity index (χ1) is 9.85. The molecule has 0 aliphatic rings. The van der Waals surface area contributed by atoms with Crippen LogP contribution in [-0.4, -0.2) is 18.0 Å². The van der Waals surface area contributed by atoms with E-state index >= 15 is 0 Å². The van der Waals surface area contributed by atoms with Crippen molar-refractivity contribution in [2.24, 2.45) is 5.73 Å². The fraction of sp³-hybridized carbons (Fsp3) is 0.308. The maximum absolute atomic E-state index is 12.5. The van der Waals surface area contributed by atoms with Crippen molar-refractivity contribution in [3.63, 3.8) is 0 Å². The van der Waals surface area contributed by atoms with E-state index < -0.39 is 10.0 Å². The van der Waals surface area contributed by atoms with Crippen LogP contribution in [0.25, 0.3) is 0 Å². The van der Waals surface area contributed by atoms with E-state index in [0.717, 1.165) is 5.69 Å². The van der Waals surface area contributed by atoms with Crippen LogP contribution in [0.2, 0.25) is 0 Å². The molecule has 0 aliphatic carbocycles. The van der Waals surface area contributed by atoms with Gasteiger partial charge in [-0.1, -0.05) is 0 Å². The van der Waals surface area contributed by atoms with Crippen molar-refractivity contribution >= 4 is 31.6 Å². The fourth-order valence-corrected chi connectivity index (χ4v) is 3.56. The number of nitrogens with two attached hydrogens (primary N) is 1. The van der Waals surface area contributed by atoms with Gasteiger partial charge < -0.3 is 10.3 Å². The minimum absolute atomic E-state index is 0.139. The molecule has 0 radical (unpaired) electrons. The van der Waals surface area contributed by atoms with Crippen molar-refractivity contribution in [1.82, 2.24) is 9.55 Å². The molecule has 0 spiro atoms. The van der Waals surface area contributed by atoms with Gasteiger partial charge in [0, 0.05) is 36.9 Å². The SMILES string of the molecule is CC(C)n1cc(S(=O)(=O)Nc2ccncc2Br)cc1CN. The first kappa shape index (κ1) is 16.0. The summed E-state index contributed by atoms with van der Waals surface area (Å²) in [6.45, 7) is 4.23. The summed E-state index contributed by atoms with van der Waals surface area (Å²) >= 11 is 3.26. The number of aromatic nitrogens is 2. The van der Waals surface area contributed by atoms with Gasteiger partial charge in [-0.2, -0.15) is 0 Å². The van der Waals surface area contributed by atoms with E-state index in [-0.39, 0.29) is 17.5 Å². The molecular weight excluding hydrogens is 356 g/mol. The molecule has 0 saturated heterocycles. The number of nitrogens with one attached hydrogen (secondary N) is 1. The predicted molar refractivity (Wildman–Crippen MR) is 85.5 cm³/mol. The Kier molecular flexibility index (Phi) is 4.70. The number of halogens is 1. The molecule has 2 aromatic heterocycles. The number of hydrogen-bond acceptors (Lipinski definition) is 4. The molecule has 0 bridgehead atoms. The van der Waals surface area contributed by atoms with Gasteiger partial charge in [-0.05, 0) is 41.9 Å². The van der Waals surface area contributed by atoms with E-state index in [1.165, 1.54) is 12.4 Å². The molecule has 0 aliphatic heterocycles. The molecule has 0 unspecified atom stereocenters. The van der Waals surface area contributed by atoms with Gasteiger partial charge in [0.25, 0.3) is 10.0 Å². The van der Waals surface area contributed by atoms with Crippen molar-refractivity contribution in [3.05, 3.63) is 40.9 Å². The van der Waals surface area contributed by atoms with E-state index in [4.69, 9.17) is 5.73 Å². The van der Waals surface area contributed by atoms with Crippen molar-refractivity contribution in [3.8, 4) is 0 Å². The Morgan fingerprint density at radius 2 is 2.19 bits per heavy atom. The molecule has 3 N–H and O–H groups in total. The zero-order chi connectivity index (χ0) is 15.6. The zero-order valence-corrected chi connectivity index (χ0v) is 14.1. The van der Waals surface area contributed by atoms with Crippen LogP contribution >= 0.6 is 15.9 Å². The van der Waals surface area contributed by atoms with Crippen molar-refractivity contribution in [2.75, 3.05) is 4.72 Å². The summed E-state index contributed by atoms with van der Waals surface area (Å²) < 4.78 is 29.9. The van der Waals surface area contributed by atoms with Crippen LogP contribution in [0.1, 0.15) is 25.6 Å². The zero-order valence-electron chi connectivity index (χ0n) is 11.7. The third-order valence-corrected chi connectivity index (χ3v) is 4.96. The first-order valence-corrected chi connectivity index (χ1v) is 8.66. The summed E-state index contributed by atoms with van der Waals surface area (Å²) in [6.07, 6.45) is 4.65. The summed E-state index contributed by atoms with van der Waals surface area (Å²) in [7, 11) is -3.67. The third-order valence-electron chi connectivity index (χ3n) is 3.00. The Bertz CT molecular complexity index is 740. The number of anilines is 1. The number of hydrogen-bond donors (Lipinski definition) is 2. The molecule has 2 heterocycles. The molecule has 2 aromatic rings. The van der Waals surface area contributed by atoms with Gasteiger partial charge in [0.15, 0.2) is 0 Å². The van der Waals surface area contributed by atoms with Crippen LogP contribution in [0.3, 0.4) is 0 Å². The highest BCUT2D eigenvalue weighted by Gasteiger charge is 2.20. The predicted octanol–water partition coefficient (Wildman–Crippen LogP) is 2.49. The van der Waals surface area contributed by atoms with Gasteiger partial charge in [0.1, 0.15) is 4.90 Å². The summed E-state index contributed by atoms with van der Waals surface area (Å²) in [5.41, 5.74) is 6.89. The summed E-state index contributed by atoms with van der Waals surface area (Å²) in [4.78, 5) is 4.09. The normalized spacial score (nSPS) is 11.9. The summed E-state index contributed by atoms with van der Waals surface area (Å²) in [5, 5.41) is 0. The Morgan fingerprint density at radius 3 is 2.71 bits per heavy atom. The smallest absolute Gasteiger partial charge is 0.263 e. The van der Waals surface area contributed by atoms with Crippen molar-refractivity contribution in [1.29, 1.82) is 0 Å². The van der Waals surface area contributed by atoms with Crippen molar-refractivity contribution in [2.45, 2.75) is 31.3 Å². The van der Waals surface area contributed by atoms with Gasteiger partial charge >= 0.3 is 0 Å². The number of nitrogens with zero attached hydrogens (tertiary/aromatic N) is 2. The monoisotopic (exact) mass is 372 g/mol. The van der Waals surface area contributed by atoms with E-state index in [1.54, 1.807) is 18.3 Å². The third kappa shape index (κ3) is 3.45. The van der Waals surface area contributed by atoms with Gasteiger partial charge in [-0.3, -0.25) is 9.71 Å². The second-order valence-electron chi connectivity index (χ2n) is 4.83. The maximum Gasteiger partial charge on any atom is 0.263 e. The molecule has 0 fully saturated rings. The molecule has 8 heteroatoms. The van der Waals surface area contributed by atoms with E-state index in [9.17, 15) is 8.42 Å². The average molecular weight is 373 g/mol. The lowest BCUT2D eigenvalue weighted by atomic mass is 10.3. The summed E-state index contributed by atoms with van der Waals surface area (Å²) in [6, 6.07) is 3.32. The first-order valence-electron chi connectivity index (χ1n) is 6.38. The van der Waals surface area contributed by atoms with Gasteiger partial charge in [-0.15, -0.1) is 0 Å². The minimum Gasteiger partial charge on any atom is -0.346 e. The molecule has 6 nitrogen and oxygen atoms in total. The Labute approximate surface area is 132 Å². The molecule has 114 valence electrons. The molecule has 0 amide bonds. The lowest BCUT2D eigenvalue weighted by molar-refractivity contribution is 0.573. The topological polar surface area (TPSA) is 90.0 Å². The van der Waals surface area contributed by atoms with Crippen LogP contribution in [0, 0.1) is 0 Å². The molecule has 0 saturated carbocycles. The Hall–Kier alpha value is -1.38. The van der Waals surface area contributed by atoms with Crippen LogP contribution < -0.4 is 10.5 Å². The average Bonchev–Trinajstić information content (AvgIpc) is 2.86. The highest BCUT2D eigenvalue weighted by Crippen LogP contribution is 2.25. The number of pyridine rings is 1. The molecule has 2 rings (SSSR count). The lowest BCUT2D eigenvalue weighted by Crippen LogP contribution is -2.13. The fourth-order valence-electron chi connectivity index (χ4n) is 1.95. The lowest BCUT2D eigenvalue weighted by Gasteiger charge is -2.11. The highest BCUT2D eigenvalue weighted by molar-refractivity contribution is 9.10. The minimum atomic E-state index is -3.67. The van der Waals surface area contributed by atoms with Crippen LogP contribution in [0.5, 0.6) is 0 Å². The van der Waals surface area contributed by atoms with Crippen LogP contribution in [0.15, 0.2) is 40.1 Å². The van der Waals surface area contributed by atoms with Gasteiger partial charge in [0.2, 0.25) is 0 Å². The molecule has 0 atom stereocenters. The maximum atomic E-state index is 12.5. The van der Waals surface area contributed by atoms with Crippen molar-refractivity contribution < 1.29 is 8.42 Å². The van der Waals surface area contributed by atoms with E-state index in [0.29, 0.717) is 10.2 Å². The Balaban J connectivity index is 2.38.